The number of hydrogen-bond donors (Lipinski definition) is 0. The van der Waals surface area contributed by atoms with Gasteiger partial charge >= 0.3 is 0 Å². The van der Waals surface area contributed by atoms with Crippen LogP contribution < -0.4 is 9.80 Å². The molecule has 0 fully saturated rings. The van der Waals surface area contributed by atoms with Gasteiger partial charge < -0.3 is 14.2 Å². The molecule has 1 aliphatic carbocycles. The van der Waals surface area contributed by atoms with Crippen molar-refractivity contribution in [2.24, 2.45) is 0 Å². The largest absolute Gasteiger partial charge is 0.456 e. The molecule has 2 aliphatic rings. The van der Waals surface area contributed by atoms with Crippen LogP contribution in [0.1, 0.15) is 12.0 Å². The Balaban J connectivity index is 0.999. The molecule has 0 saturated carbocycles. The summed E-state index contributed by atoms with van der Waals surface area (Å²) in [5.41, 5.74) is 14.9. The Morgan fingerprint density at radius 1 is 0.394 bits per heavy atom. The Hall–Kier alpha value is -9.18. The third-order valence-electron chi connectivity index (χ3n) is 15.3. The van der Waals surface area contributed by atoms with Crippen LogP contribution in [0.3, 0.4) is 0 Å². The molecule has 1 unspecified atom stereocenters. The smallest absolute Gasteiger partial charge is 0.138 e. The van der Waals surface area contributed by atoms with Crippen molar-refractivity contribution < 1.29 is 4.42 Å². The molecule has 1 aromatic heterocycles. The van der Waals surface area contributed by atoms with Gasteiger partial charge in [-0.1, -0.05) is 194 Å². The predicted octanol–water partition coefficient (Wildman–Crippen LogP) is 18.7. The highest BCUT2D eigenvalue weighted by Crippen LogP contribution is 2.57. The molecular weight excluding hydrogens is 861 g/mol. The second-order valence-electron chi connectivity index (χ2n) is 19.1. The van der Waals surface area contributed by atoms with E-state index in [4.69, 9.17) is 4.42 Å². The van der Waals surface area contributed by atoms with E-state index in [9.17, 15) is 0 Å². The Kier molecular flexibility index (Phi) is 8.78. The van der Waals surface area contributed by atoms with Crippen molar-refractivity contribution in [3.63, 3.8) is 0 Å². The van der Waals surface area contributed by atoms with Crippen LogP contribution in [0.5, 0.6) is 0 Å². The lowest BCUT2D eigenvalue weighted by Gasteiger charge is -2.36. The molecule has 0 bridgehead atoms. The topological polar surface area (TPSA) is 19.6 Å². The Labute approximate surface area is 411 Å². The number of fused-ring (bicyclic) bond motifs is 15. The predicted molar refractivity (Wildman–Crippen MR) is 300 cm³/mol. The molecule has 3 heteroatoms. The summed E-state index contributed by atoms with van der Waals surface area (Å²) in [6.07, 6.45) is 5.59. The highest BCUT2D eigenvalue weighted by molar-refractivity contribution is 6.27. The molecule has 0 radical (unpaired) electrons. The molecule has 1 atom stereocenters. The van der Waals surface area contributed by atoms with Gasteiger partial charge in [-0.15, -0.1) is 0 Å². The molecule has 3 nitrogen and oxygen atoms in total. The van der Waals surface area contributed by atoms with E-state index < -0.39 is 0 Å². The summed E-state index contributed by atoms with van der Waals surface area (Å²) < 4.78 is 6.92. The van der Waals surface area contributed by atoms with Gasteiger partial charge in [0.15, 0.2) is 0 Å². The van der Waals surface area contributed by atoms with Crippen LogP contribution in [0.2, 0.25) is 0 Å². The summed E-state index contributed by atoms with van der Waals surface area (Å²) in [5, 5.41) is 14.8. The number of allylic oxidation sites excluding steroid dienone is 2. The van der Waals surface area contributed by atoms with Gasteiger partial charge in [0.1, 0.15) is 11.2 Å². The number of furan rings is 1. The normalized spacial score (nSPS) is 14.4. The van der Waals surface area contributed by atoms with E-state index >= 15 is 0 Å². The maximum Gasteiger partial charge on any atom is 0.138 e. The van der Waals surface area contributed by atoms with Gasteiger partial charge in [-0.05, 0) is 119 Å². The fourth-order valence-electron chi connectivity index (χ4n) is 12.2. The molecule has 71 heavy (non-hydrogen) atoms. The average Bonchev–Trinajstić information content (AvgIpc) is 3.98. The average molecular weight is 905 g/mol. The number of hydrogen-bond acceptors (Lipinski definition) is 3. The van der Waals surface area contributed by atoms with E-state index in [1.807, 2.05) is 0 Å². The molecule has 0 N–H and O–H groups in total. The molecular formula is C68H44N2O. The van der Waals surface area contributed by atoms with E-state index in [0.717, 1.165) is 51.1 Å². The minimum atomic E-state index is -0.0213. The number of nitrogens with zero attached hydrogens (tertiary/aromatic N) is 2. The fourth-order valence-corrected chi connectivity index (χ4v) is 12.2. The maximum atomic E-state index is 6.92. The van der Waals surface area contributed by atoms with Crippen molar-refractivity contribution in [3.05, 3.63) is 260 Å². The van der Waals surface area contributed by atoms with Crippen molar-refractivity contribution >= 4 is 104 Å². The molecule has 0 spiro atoms. The highest BCUT2D eigenvalue weighted by Gasteiger charge is 2.41. The second kappa shape index (κ2) is 15.7. The van der Waals surface area contributed by atoms with Crippen LogP contribution in [0.4, 0.5) is 22.7 Å². The summed E-state index contributed by atoms with van der Waals surface area (Å²) >= 11 is 0. The van der Waals surface area contributed by atoms with E-state index in [0.29, 0.717) is 0 Å². The van der Waals surface area contributed by atoms with Crippen LogP contribution >= 0.6 is 0 Å². The summed E-state index contributed by atoms with van der Waals surface area (Å²) in [6.45, 7) is 0. The summed E-state index contributed by atoms with van der Waals surface area (Å²) in [4.78, 5) is 5.12. The molecule has 13 aromatic rings. The van der Waals surface area contributed by atoms with Crippen molar-refractivity contribution in [2.75, 3.05) is 9.80 Å². The zero-order valence-corrected chi connectivity index (χ0v) is 38.8. The molecule has 12 aromatic carbocycles. The zero-order chi connectivity index (χ0) is 46.6. The van der Waals surface area contributed by atoms with Crippen LogP contribution in [0, 0.1) is 0 Å². The van der Waals surface area contributed by atoms with Gasteiger partial charge in [0.05, 0.1) is 17.4 Å². The third kappa shape index (κ3) is 6.09. The second-order valence-corrected chi connectivity index (χ2v) is 19.1. The lowest BCUT2D eigenvalue weighted by molar-refractivity contribution is 0.669. The van der Waals surface area contributed by atoms with Gasteiger partial charge in [0.25, 0.3) is 0 Å². The minimum Gasteiger partial charge on any atom is -0.456 e. The number of benzene rings is 12. The Bertz CT molecular complexity index is 4340. The van der Waals surface area contributed by atoms with Gasteiger partial charge in [0, 0.05) is 56.8 Å². The standard InChI is InChI=1S/C68H44N2O/c1-3-17-43(18-4-1)44-31-34-48(35-32-44)69(61-40-45-19-7-8-22-50(45)51-23-13-14-28-57(51)61)49-36-38-58-62(41-49)70(47-20-5-2-6-21-47)63-42-65-68(59-29-15-16-30-64(59)71-65)66(67(58)63)46-33-37-56-54-26-10-9-24-52(54)53-25-11-12-27-55(53)60(56)39-46/h1-40,42,62H,41H2. The number of anilines is 4. The number of rotatable bonds is 6. The van der Waals surface area contributed by atoms with Crippen LogP contribution in [-0.4, -0.2) is 6.04 Å². The molecule has 332 valence electrons. The first kappa shape index (κ1) is 39.8. The monoisotopic (exact) mass is 904 g/mol. The Morgan fingerprint density at radius 2 is 0.944 bits per heavy atom. The lowest BCUT2D eigenvalue weighted by atomic mass is 9.85. The first-order valence-corrected chi connectivity index (χ1v) is 24.7. The minimum absolute atomic E-state index is 0.0213. The van der Waals surface area contributed by atoms with E-state index in [1.165, 1.54) is 92.9 Å². The summed E-state index contributed by atoms with van der Waals surface area (Å²) in [6, 6.07) is 86.6. The first-order valence-electron chi connectivity index (χ1n) is 24.7. The molecule has 15 rings (SSSR count). The number of para-hydroxylation sites is 2. The van der Waals surface area contributed by atoms with Crippen molar-refractivity contribution in [3.8, 4) is 22.3 Å². The van der Waals surface area contributed by atoms with Gasteiger partial charge in [-0.2, -0.15) is 0 Å². The summed E-state index contributed by atoms with van der Waals surface area (Å²) in [5.74, 6) is 0. The Morgan fingerprint density at radius 3 is 1.66 bits per heavy atom. The molecule has 2 heterocycles. The van der Waals surface area contributed by atoms with Crippen molar-refractivity contribution in [1.82, 2.24) is 0 Å². The third-order valence-corrected chi connectivity index (χ3v) is 15.3. The first-order chi connectivity index (χ1) is 35.2. The summed E-state index contributed by atoms with van der Waals surface area (Å²) in [7, 11) is 0. The molecule has 1 aliphatic heterocycles. The van der Waals surface area contributed by atoms with Crippen LogP contribution in [0.25, 0.3) is 104 Å². The quantitative estimate of drug-likeness (QED) is 0.155. The van der Waals surface area contributed by atoms with Crippen LogP contribution in [-0.2, 0) is 0 Å². The lowest BCUT2D eigenvalue weighted by Crippen LogP contribution is -2.32. The fraction of sp³-hybridized carbons (Fsp3) is 0.0294. The molecule has 0 saturated heterocycles. The maximum absolute atomic E-state index is 6.92. The van der Waals surface area contributed by atoms with Gasteiger partial charge in [-0.3, -0.25) is 0 Å². The SMILES string of the molecule is C1=C2c3c(cc4oc5ccccc5c4c3-c3ccc4c5ccccc5c5ccccc5c4c3)N(c3ccccc3)C2CC(N(c2ccc(-c3ccccc3)cc2)c2cc3ccccc3c3ccccc23)=C1. The van der Waals surface area contributed by atoms with Crippen molar-refractivity contribution in [1.29, 1.82) is 0 Å². The van der Waals surface area contributed by atoms with Gasteiger partial charge in [0.2, 0.25) is 0 Å². The highest BCUT2D eigenvalue weighted by atomic mass is 16.3. The molecule has 0 amide bonds. The van der Waals surface area contributed by atoms with Crippen LogP contribution in [0.15, 0.2) is 259 Å². The van der Waals surface area contributed by atoms with E-state index in [1.54, 1.807) is 0 Å². The zero-order valence-electron chi connectivity index (χ0n) is 38.8. The van der Waals surface area contributed by atoms with Crippen molar-refractivity contribution in [2.45, 2.75) is 12.5 Å². The van der Waals surface area contributed by atoms with E-state index in [2.05, 4.69) is 259 Å². The van der Waals surface area contributed by atoms with E-state index in [-0.39, 0.29) is 6.04 Å². The van der Waals surface area contributed by atoms with Gasteiger partial charge in [-0.25, -0.2) is 0 Å².